The number of fused-ring (bicyclic) bond motifs is 1. The molecule has 0 bridgehead atoms. The van der Waals surface area contributed by atoms with Gasteiger partial charge in [-0.25, -0.2) is 0 Å². The first-order valence-electron chi connectivity index (χ1n) is 5.87. The summed E-state index contributed by atoms with van der Waals surface area (Å²) < 4.78 is 0. The van der Waals surface area contributed by atoms with Crippen molar-refractivity contribution in [1.29, 1.82) is 0 Å². The summed E-state index contributed by atoms with van der Waals surface area (Å²) in [4.78, 5) is 0. The fourth-order valence-electron chi connectivity index (χ4n) is 2.28. The summed E-state index contributed by atoms with van der Waals surface area (Å²) >= 11 is 0. The van der Waals surface area contributed by atoms with Crippen LogP contribution in [0.5, 0.6) is 0 Å². The second kappa shape index (κ2) is 5.13. The number of hydrogen-bond donors (Lipinski definition) is 1. The van der Waals surface area contributed by atoms with Gasteiger partial charge in [-0.15, -0.1) is 0 Å². The van der Waals surface area contributed by atoms with E-state index in [0.29, 0.717) is 0 Å². The van der Waals surface area contributed by atoms with E-state index in [4.69, 9.17) is 5.11 Å². The number of aliphatic hydroxyl groups excluding tert-OH is 1. The monoisotopic (exact) mass is 214 g/mol. The fraction of sp³-hybridized carbons (Fsp3) is 0.333. The molecule has 0 saturated heterocycles. The Morgan fingerprint density at radius 2 is 2.12 bits per heavy atom. The van der Waals surface area contributed by atoms with Gasteiger partial charge in [-0.05, 0) is 42.9 Å². The smallest absolute Gasteiger partial charge is 0.0617 e. The van der Waals surface area contributed by atoms with Crippen molar-refractivity contribution < 1.29 is 5.11 Å². The van der Waals surface area contributed by atoms with Crippen LogP contribution in [0.2, 0.25) is 0 Å². The van der Waals surface area contributed by atoms with E-state index >= 15 is 0 Å². The molecule has 1 aromatic carbocycles. The lowest BCUT2D eigenvalue weighted by Gasteiger charge is -2.18. The number of benzene rings is 1. The minimum Gasteiger partial charge on any atom is -0.392 e. The normalized spacial score (nSPS) is 18.6. The summed E-state index contributed by atoms with van der Waals surface area (Å²) in [5, 5.41) is 8.86. The minimum absolute atomic E-state index is 0.122. The van der Waals surface area contributed by atoms with Gasteiger partial charge in [0.15, 0.2) is 0 Å². The number of allylic oxidation sites excluding steroid dienone is 3. The molecule has 1 aromatic rings. The SMILES string of the molecule is CC(=C/CO)/C=C1\CCCc2ccccc21. The minimum atomic E-state index is 0.122. The van der Waals surface area contributed by atoms with E-state index in [1.165, 1.54) is 29.5 Å². The highest BCUT2D eigenvalue weighted by Crippen LogP contribution is 2.31. The first-order valence-corrected chi connectivity index (χ1v) is 5.87. The maximum atomic E-state index is 8.86. The van der Waals surface area contributed by atoms with Crippen LogP contribution in [-0.2, 0) is 6.42 Å². The van der Waals surface area contributed by atoms with Crippen LogP contribution >= 0.6 is 0 Å². The van der Waals surface area contributed by atoms with Crippen molar-refractivity contribution in [3.05, 3.63) is 53.1 Å². The van der Waals surface area contributed by atoms with Crippen LogP contribution in [0.15, 0.2) is 42.0 Å². The Bertz CT molecular complexity index is 427. The molecule has 2 rings (SSSR count). The Hall–Kier alpha value is -1.34. The van der Waals surface area contributed by atoms with E-state index < -0.39 is 0 Å². The Kier molecular flexibility index (Phi) is 3.58. The Balaban J connectivity index is 2.35. The average Bonchev–Trinajstić information content (AvgIpc) is 2.30. The van der Waals surface area contributed by atoms with E-state index in [1.807, 2.05) is 13.0 Å². The molecule has 1 heteroatoms. The summed E-state index contributed by atoms with van der Waals surface area (Å²) in [6.07, 6.45) is 7.62. The van der Waals surface area contributed by atoms with Crippen LogP contribution in [0.3, 0.4) is 0 Å². The van der Waals surface area contributed by atoms with Crippen molar-refractivity contribution in [1.82, 2.24) is 0 Å². The van der Waals surface area contributed by atoms with Gasteiger partial charge in [0.2, 0.25) is 0 Å². The molecule has 0 spiro atoms. The van der Waals surface area contributed by atoms with Crippen LogP contribution in [0, 0.1) is 0 Å². The van der Waals surface area contributed by atoms with Gasteiger partial charge in [0.25, 0.3) is 0 Å². The van der Waals surface area contributed by atoms with Gasteiger partial charge in [-0.2, -0.15) is 0 Å². The molecule has 1 N–H and O–H groups in total. The molecule has 0 saturated carbocycles. The molecule has 0 aliphatic heterocycles. The van der Waals surface area contributed by atoms with Crippen molar-refractivity contribution in [2.24, 2.45) is 0 Å². The third-order valence-electron chi connectivity index (χ3n) is 3.07. The van der Waals surface area contributed by atoms with Crippen molar-refractivity contribution in [3.63, 3.8) is 0 Å². The molecule has 1 aliphatic rings. The highest BCUT2D eigenvalue weighted by Gasteiger charge is 2.12. The molecule has 1 nitrogen and oxygen atoms in total. The first kappa shape index (κ1) is 11.2. The van der Waals surface area contributed by atoms with E-state index in [1.54, 1.807) is 0 Å². The van der Waals surface area contributed by atoms with E-state index in [9.17, 15) is 0 Å². The largest absolute Gasteiger partial charge is 0.392 e. The van der Waals surface area contributed by atoms with Gasteiger partial charge in [-0.1, -0.05) is 42.0 Å². The van der Waals surface area contributed by atoms with Gasteiger partial charge in [0, 0.05) is 0 Å². The molecule has 0 atom stereocenters. The molecule has 0 unspecified atom stereocenters. The number of hydrogen-bond acceptors (Lipinski definition) is 1. The van der Waals surface area contributed by atoms with Gasteiger partial charge in [-0.3, -0.25) is 0 Å². The summed E-state index contributed by atoms with van der Waals surface area (Å²) in [6.45, 7) is 2.16. The number of aliphatic hydroxyl groups is 1. The average molecular weight is 214 g/mol. The number of aryl methyl sites for hydroxylation is 1. The third kappa shape index (κ3) is 2.42. The Labute approximate surface area is 97.1 Å². The van der Waals surface area contributed by atoms with Crippen LogP contribution in [0.4, 0.5) is 0 Å². The molecular formula is C15H18O. The fourth-order valence-corrected chi connectivity index (χ4v) is 2.28. The summed E-state index contributed by atoms with van der Waals surface area (Å²) in [5.74, 6) is 0. The number of rotatable bonds is 2. The maximum absolute atomic E-state index is 8.86. The second-order valence-corrected chi connectivity index (χ2v) is 4.31. The van der Waals surface area contributed by atoms with Gasteiger partial charge < -0.3 is 5.11 Å². The predicted molar refractivity (Wildman–Crippen MR) is 68.2 cm³/mol. The van der Waals surface area contributed by atoms with Crippen molar-refractivity contribution in [2.75, 3.05) is 6.61 Å². The van der Waals surface area contributed by atoms with E-state index in [2.05, 4.69) is 30.3 Å². The van der Waals surface area contributed by atoms with Crippen LogP contribution in [0.1, 0.15) is 30.9 Å². The summed E-state index contributed by atoms with van der Waals surface area (Å²) in [7, 11) is 0. The van der Waals surface area contributed by atoms with Gasteiger partial charge in [0.05, 0.1) is 6.61 Å². The van der Waals surface area contributed by atoms with Crippen molar-refractivity contribution in [2.45, 2.75) is 26.2 Å². The molecule has 0 aromatic heterocycles. The predicted octanol–water partition coefficient (Wildman–Crippen LogP) is 3.34. The quantitative estimate of drug-likeness (QED) is 0.800. The molecule has 0 radical (unpaired) electrons. The van der Waals surface area contributed by atoms with Crippen molar-refractivity contribution in [3.8, 4) is 0 Å². The Morgan fingerprint density at radius 1 is 1.31 bits per heavy atom. The van der Waals surface area contributed by atoms with Crippen molar-refractivity contribution >= 4 is 5.57 Å². The zero-order chi connectivity index (χ0) is 11.4. The molecule has 84 valence electrons. The third-order valence-corrected chi connectivity index (χ3v) is 3.07. The van der Waals surface area contributed by atoms with Gasteiger partial charge in [0.1, 0.15) is 0 Å². The van der Waals surface area contributed by atoms with E-state index in [-0.39, 0.29) is 6.61 Å². The molecule has 0 fully saturated rings. The first-order chi connectivity index (χ1) is 7.81. The zero-order valence-electron chi connectivity index (χ0n) is 9.74. The van der Waals surface area contributed by atoms with Gasteiger partial charge >= 0.3 is 0 Å². The Morgan fingerprint density at radius 3 is 2.94 bits per heavy atom. The summed E-state index contributed by atoms with van der Waals surface area (Å²) in [6, 6.07) is 8.63. The molecular weight excluding hydrogens is 196 g/mol. The van der Waals surface area contributed by atoms with Crippen LogP contribution in [0.25, 0.3) is 5.57 Å². The highest BCUT2D eigenvalue weighted by molar-refractivity contribution is 5.71. The second-order valence-electron chi connectivity index (χ2n) is 4.31. The standard InChI is InChI=1S/C15H18O/c1-12(9-10-16)11-14-7-4-6-13-5-2-3-8-15(13)14/h2-3,5,8-9,11,16H,4,6-7,10H2,1H3/b12-9-,14-11+. The lowest BCUT2D eigenvalue weighted by molar-refractivity contribution is 0.342. The molecule has 0 amide bonds. The van der Waals surface area contributed by atoms with Crippen LogP contribution in [-0.4, -0.2) is 11.7 Å². The molecule has 16 heavy (non-hydrogen) atoms. The lowest BCUT2D eigenvalue weighted by atomic mass is 9.86. The molecule has 1 aliphatic carbocycles. The lowest BCUT2D eigenvalue weighted by Crippen LogP contribution is -2.01. The maximum Gasteiger partial charge on any atom is 0.0617 e. The van der Waals surface area contributed by atoms with E-state index in [0.717, 1.165) is 12.0 Å². The highest BCUT2D eigenvalue weighted by atomic mass is 16.2. The molecule has 0 heterocycles. The topological polar surface area (TPSA) is 20.2 Å². The summed E-state index contributed by atoms with van der Waals surface area (Å²) in [5.41, 5.74) is 5.40. The van der Waals surface area contributed by atoms with Crippen LogP contribution < -0.4 is 0 Å². The zero-order valence-corrected chi connectivity index (χ0v) is 9.74.